The zero-order chi connectivity index (χ0) is 14.4. The average molecular weight is 291 g/mol. The summed E-state index contributed by atoms with van der Waals surface area (Å²) < 4.78 is 1.79. The van der Waals surface area contributed by atoms with Gasteiger partial charge >= 0.3 is 0 Å². The summed E-state index contributed by atoms with van der Waals surface area (Å²) in [5.74, 6) is 0.273. The van der Waals surface area contributed by atoms with Gasteiger partial charge in [-0.1, -0.05) is 42.1 Å². The van der Waals surface area contributed by atoms with Crippen LogP contribution in [0.15, 0.2) is 41.7 Å². The average Bonchev–Trinajstić information content (AvgIpc) is 2.84. The largest absolute Gasteiger partial charge is 0.390 e. The standard InChI is InChI=1S/C14H17N3O2S/c1-17-12(9-18)8-16-14(17)20-10-13(19)15-7-11-5-3-2-4-6-11/h2-6,8,18H,7,9-10H2,1H3,(H,15,19). The quantitative estimate of drug-likeness (QED) is 0.788. The van der Waals surface area contributed by atoms with Gasteiger partial charge in [0, 0.05) is 13.6 Å². The fraction of sp³-hybridized carbons (Fsp3) is 0.286. The molecule has 2 rings (SSSR count). The summed E-state index contributed by atoms with van der Waals surface area (Å²) in [5, 5.41) is 12.7. The van der Waals surface area contributed by atoms with Crippen molar-refractivity contribution in [2.45, 2.75) is 18.3 Å². The molecule has 0 radical (unpaired) electrons. The van der Waals surface area contributed by atoms with Gasteiger partial charge in [-0.05, 0) is 5.56 Å². The summed E-state index contributed by atoms with van der Waals surface area (Å²) in [5.41, 5.74) is 1.81. The maximum Gasteiger partial charge on any atom is 0.230 e. The van der Waals surface area contributed by atoms with Crippen molar-refractivity contribution in [3.63, 3.8) is 0 Å². The Kier molecular flexibility index (Phi) is 5.20. The molecule has 106 valence electrons. The van der Waals surface area contributed by atoms with E-state index < -0.39 is 0 Å². The molecule has 0 aliphatic carbocycles. The molecule has 0 fully saturated rings. The Morgan fingerprint density at radius 1 is 1.40 bits per heavy atom. The molecule has 0 aliphatic heterocycles. The van der Waals surface area contributed by atoms with Crippen molar-refractivity contribution in [1.29, 1.82) is 0 Å². The van der Waals surface area contributed by atoms with E-state index in [4.69, 9.17) is 5.11 Å². The molecule has 1 aromatic heterocycles. The number of thioether (sulfide) groups is 1. The molecule has 1 aromatic carbocycles. The lowest BCUT2D eigenvalue weighted by molar-refractivity contribution is -0.118. The highest BCUT2D eigenvalue weighted by molar-refractivity contribution is 7.99. The van der Waals surface area contributed by atoms with Gasteiger partial charge in [-0.2, -0.15) is 0 Å². The summed E-state index contributed by atoms with van der Waals surface area (Å²) in [6.07, 6.45) is 1.62. The fourth-order valence-corrected chi connectivity index (χ4v) is 2.48. The minimum absolute atomic E-state index is 0.0348. The van der Waals surface area contributed by atoms with Crippen molar-refractivity contribution < 1.29 is 9.90 Å². The Morgan fingerprint density at radius 2 is 2.15 bits per heavy atom. The number of rotatable bonds is 6. The topological polar surface area (TPSA) is 67.1 Å². The normalized spacial score (nSPS) is 10.5. The van der Waals surface area contributed by atoms with Gasteiger partial charge in [0.15, 0.2) is 5.16 Å². The number of amides is 1. The van der Waals surface area contributed by atoms with Gasteiger partial charge < -0.3 is 15.0 Å². The molecular weight excluding hydrogens is 274 g/mol. The summed E-state index contributed by atoms with van der Waals surface area (Å²) in [4.78, 5) is 15.9. The molecule has 0 unspecified atom stereocenters. The van der Waals surface area contributed by atoms with E-state index in [-0.39, 0.29) is 12.5 Å². The molecule has 0 saturated heterocycles. The van der Waals surface area contributed by atoms with Crippen LogP contribution in [0.3, 0.4) is 0 Å². The van der Waals surface area contributed by atoms with Crippen LogP contribution in [0, 0.1) is 0 Å². The molecule has 5 nitrogen and oxygen atoms in total. The van der Waals surface area contributed by atoms with Crippen molar-refractivity contribution >= 4 is 17.7 Å². The van der Waals surface area contributed by atoms with E-state index in [2.05, 4.69) is 10.3 Å². The van der Waals surface area contributed by atoms with Crippen LogP contribution in [0.4, 0.5) is 0 Å². The van der Waals surface area contributed by atoms with E-state index in [0.717, 1.165) is 16.4 Å². The third-order valence-corrected chi connectivity index (χ3v) is 3.91. The molecule has 2 N–H and O–H groups in total. The summed E-state index contributed by atoms with van der Waals surface area (Å²) >= 11 is 1.36. The molecule has 0 spiro atoms. The zero-order valence-corrected chi connectivity index (χ0v) is 12.1. The minimum Gasteiger partial charge on any atom is -0.390 e. The van der Waals surface area contributed by atoms with Gasteiger partial charge in [0.2, 0.25) is 5.91 Å². The van der Waals surface area contributed by atoms with Crippen LogP contribution in [0.1, 0.15) is 11.3 Å². The van der Waals surface area contributed by atoms with Gasteiger partial charge in [0.25, 0.3) is 0 Å². The number of nitrogens with zero attached hydrogens (tertiary/aromatic N) is 2. The second kappa shape index (κ2) is 7.12. The van der Waals surface area contributed by atoms with Crippen LogP contribution < -0.4 is 5.32 Å². The predicted molar refractivity (Wildman–Crippen MR) is 78.1 cm³/mol. The molecule has 1 heterocycles. The number of hydrogen-bond acceptors (Lipinski definition) is 4. The van der Waals surface area contributed by atoms with Crippen molar-refractivity contribution in [2.24, 2.45) is 7.05 Å². The molecule has 0 saturated carbocycles. The molecule has 0 aliphatic rings. The van der Waals surface area contributed by atoms with Crippen LogP contribution in [-0.2, 0) is 25.0 Å². The van der Waals surface area contributed by atoms with Crippen molar-refractivity contribution in [1.82, 2.24) is 14.9 Å². The highest BCUT2D eigenvalue weighted by Gasteiger charge is 2.09. The number of benzene rings is 1. The Hall–Kier alpha value is -1.79. The van der Waals surface area contributed by atoms with Gasteiger partial charge in [0.1, 0.15) is 0 Å². The van der Waals surface area contributed by atoms with Crippen molar-refractivity contribution in [3.05, 3.63) is 47.8 Å². The lowest BCUT2D eigenvalue weighted by Crippen LogP contribution is -2.24. The van der Waals surface area contributed by atoms with Crippen LogP contribution in [-0.4, -0.2) is 26.3 Å². The van der Waals surface area contributed by atoms with E-state index in [1.807, 2.05) is 37.4 Å². The Balaban J connectivity index is 1.79. The first-order chi connectivity index (χ1) is 9.70. The van der Waals surface area contributed by atoms with Gasteiger partial charge in [-0.15, -0.1) is 0 Å². The minimum atomic E-state index is -0.0513. The second-order valence-electron chi connectivity index (χ2n) is 4.30. The van der Waals surface area contributed by atoms with Gasteiger partial charge in [-0.25, -0.2) is 4.98 Å². The third-order valence-electron chi connectivity index (χ3n) is 2.87. The van der Waals surface area contributed by atoms with E-state index in [0.29, 0.717) is 12.3 Å². The highest BCUT2D eigenvalue weighted by atomic mass is 32.2. The predicted octanol–water partition coefficient (Wildman–Crippen LogP) is 1.32. The Labute approximate surface area is 122 Å². The van der Waals surface area contributed by atoms with E-state index in [9.17, 15) is 4.79 Å². The Bertz CT molecular complexity index is 569. The molecule has 20 heavy (non-hydrogen) atoms. The monoisotopic (exact) mass is 291 g/mol. The lowest BCUT2D eigenvalue weighted by atomic mass is 10.2. The van der Waals surface area contributed by atoms with Crippen LogP contribution >= 0.6 is 11.8 Å². The van der Waals surface area contributed by atoms with Crippen molar-refractivity contribution in [2.75, 3.05) is 5.75 Å². The smallest absolute Gasteiger partial charge is 0.230 e. The number of aliphatic hydroxyl groups excluding tert-OH is 1. The Morgan fingerprint density at radius 3 is 2.80 bits per heavy atom. The summed E-state index contributed by atoms with van der Waals surface area (Å²) in [7, 11) is 1.82. The number of aromatic nitrogens is 2. The fourth-order valence-electron chi connectivity index (χ4n) is 1.68. The molecule has 1 amide bonds. The lowest BCUT2D eigenvalue weighted by Gasteiger charge is -2.06. The number of carbonyl (C=O) groups is 1. The summed E-state index contributed by atoms with van der Waals surface area (Å²) in [6.45, 7) is 0.479. The molecule has 0 bridgehead atoms. The van der Waals surface area contributed by atoms with E-state index in [1.54, 1.807) is 10.8 Å². The number of imidazole rings is 1. The first kappa shape index (κ1) is 14.6. The highest BCUT2D eigenvalue weighted by Crippen LogP contribution is 2.16. The first-order valence-corrected chi connectivity index (χ1v) is 7.24. The molecule has 6 heteroatoms. The number of carbonyl (C=O) groups excluding carboxylic acids is 1. The molecule has 2 aromatic rings. The zero-order valence-electron chi connectivity index (χ0n) is 11.2. The maximum atomic E-state index is 11.8. The molecular formula is C14H17N3O2S. The van der Waals surface area contributed by atoms with E-state index in [1.165, 1.54) is 11.8 Å². The number of nitrogens with one attached hydrogen (secondary N) is 1. The number of hydrogen-bond donors (Lipinski definition) is 2. The van der Waals surface area contributed by atoms with Gasteiger partial charge in [-0.3, -0.25) is 4.79 Å². The summed E-state index contributed by atoms with van der Waals surface area (Å²) in [6, 6.07) is 9.78. The van der Waals surface area contributed by atoms with Gasteiger partial charge in [0.05, 0.1) is 24.3 Å². The molecule has 0 atom stereocenters. The first-order valence-electron chi connectivity index (χ1n) is 6.25. The third kappa shape index (κ3) is 3.85. The maximum absolute atomic E-state index is 11.8. The van der Waals surface area contributed by atoms with Crippen LogP contribution in [0.2, 0.25) is 0 Å². The van der Waals surface area contributed by atoms with Crippen molar-refractivity contribution in [3.8, 4) is 0 Å². The van der Waals surface area contributed by atoms with Crippen LogP contribution in [0.5, 0.6) is 0 Å². The van der Waals surface area contributed by atoms with E-state index >= 15 is 0 Å². The number of aliphatic hydroxyl groups is 1. The SMILES string of the molecule is Cn1c(CO)cnc1SCC(=O)NCc1ccccc1. The second-order valence-corrected chi connectivity index (χ2v) is 5.24. The van der Waals surface area contributed by atoms with Crippen LogP contribution in [0.25, 0.3) is 0 Å².